The molecule has 0 amide bonds. The van der Waals surface area contributed by atoms with E-state index in [1.54, 1.807) is 6.07 Å². The molecule has 19 heavy (non-hydrogen) atoms. The van der Waals surface area contributed by atoms with Gasteiger partial charge in [-0.1, -0.05) is 35.9 Å². The highest BCUT2D eigenvalue weighted by Gasteiger charge is 2.11. The molecule has 0 saturated heterocycles. The number of hydrogen-bond acceptors (Lipinski definition) is 2. The SMILES string of the molecule is [B]c1nc(Cl)cc2oc3cc4ccccc4cc3c12. The summed E-state index contributed by atoms with van der Waals surface area (Å²) in [6, 6.07) is 13.9. The molecule has 0 aliphatic rings. The van der Waals surface area contributed by atoms with Gasteiger partial charge in [0, 0.05) is 22.4 Å². The first-order valence-electron chi connectivity index (χ1n) is 5.89. The summed E-state index contributed by atoms with van der Waals surface area (Å²) in [4.78, 5) is 4.09. The van der Waals surface area contributed by atoms with Gasteiger partial charge in [-0.05, 0) is 22.9 Å². The molecule has 4 aromatic rings. The summed E-state index contributed by atoms with van der Waals surface area (Å²) in [5.41, 5.74) is 1.86. The predicted octanol–water partition coefficient (Wildman–Crippen LogP) is 3.58. The number of halogens is 1. The van der Waals surface area contributed by atoms with Gasteiger partial charge in [-0.3, -0.25) is 4.98 Å². The maximum absolute atomic E-state index is 5.96. The van der Waals surface area contributed by atoms with E-state index >= 15 is 0 Å². The van der Waals surface area contributed by atoms with Gasteiger partial charge >= 0.3 is 0 Å². The van der Waals surface area contributed by atoms with Crippen molar-refractivity contribution in [1.82, 2.24) is 4.98 Å². The van der Waals surface area contributed by atoms with Crippen molar-refractivity contribution in [1.29, 1.82) is 0 Å². The smallest absolute Gasteiger partial charge is 0.142 e. The van der Waals surface area contributed by atoms with Gasteiger partial charge in [0.1, 0.15) is 24.2 Å². The minimum absolute atomic E-state index is 0.341. The molecule has 88 valence electrons. The Labute approximate surface area is 115 Å². The van der Waals surface area contributed by atoms with Crippen molar-refractivity contribution in [2.45, 2.75) is 0 Å². The number of aromatic nitrogens is 1. The third-order valence-corrected chi connectivity index (χ3v) is 3.51. The monoisotopic (exact) mass is 263 g/mol. The lowest BCUT2D eigenvalue weighted by Crippen LogP contribution is -2.08. The molecule has 0 aliphatic carbocycles. The molecule has 0 bridgehead atoms. The molecule has 0 atom stereocenters. The fraction of sp³-hybridized carbons (Fsp3) is 0. The second kappa shape index (κ2) is 3.75. The Hall–Kier alpha value is -2.00. The molecule has 2 nitrogen and oxygen atoms in total. The third kappa shape index (κ3) is 1.55. The number of nitrogens with zero attached hydrogens (tertiary/aromatic N) is 1. The summed E-state index contributed by atoms with van der Waals surface area (Å²) in [6.07, 6.45) is 0. The van der Waals surface area contributed by atoms with E-state index in [-0.39, 0.29) is 0 Å². The van der Waals surface area contributed by atoms with Crippen LogP contribution in [0, 0.1) is 0 Å². The highest BCUT2D eigenvalue weighted by Crippen LogP contribution is 2.31. The lowest BCUT2D eigenvalue weighted by atomic mass is 9.96. The van der Waals surface area contributed by atoms with Crippen molar-refractivity contribution in [2.75, 3.05) is 0 Å². The Morgan fingerprint density at radius 3 is 2.53 bits per heavy atom. The van der Waals surface area contributed by atoms with Crippen LogP contribution in [0.5, 0.6) is 0 Å². The molecular weight excluding hydrogens is 256 g/mol. The average Bonchev–Trinajstić information content (AvgIpc) is 2.72. The zero-order chi connectivity index (χ0) is 13.0. The number of benzene rings is 2. The van der Waals surface area contributed by atoms with Gasteiger partial charge in [0.05, 0.1) is 0 Å². The summed E-state index contributed by atoms with van der Waals surface area (Å²) < 4.78 is 5.82. The summed E-state index contributed by atoms with van der Waals surface area (Å²) in [7, 11) is 5.96. The number of fused-ring (bicyclic) bond motifs is 4. The summed E-state index contributed by atoms with van der Waals surface area (Å²) in [5, 5.41) is 4.41. The van der Waals surface area contributed by atoms with E-state index in [9.17, 15) is 0 Å². The lowest BCUT2D eigenvalue weighted by molar-refractivity contribution is 0.669. The van der Waals surface area contributed by atoms with Crippen LogP contribution in [0.15, 0.2) is 46.9 Å². The second-order valence-electron chi connectivity index (χ2n) is 4.50. The van der Waals surface area contributed by atoms with Gasteiger partial charge in [0.25, 0.3) is 0 Å². The Morgan fingerprint density at radius 1 is 1.00 bits per heavy atom. The van der Waals surface area contributed by atoms with E-state index in [4.69, 9.17) is 23.9 Å². The van der Waals surface area contributed by atoms with Crippen LogP contribution in [0.4, 0.5) is 0 Å². The molecule has 0 unspecified atom stereocenters. The van der Waals surface area contributed by atoms with Gasteiger partial charge in [0.15, 0.2) is 0 Å². The molecule has 2 heterocycles. The molecule has 4 heteroatoms. The first-order valence-corrected chi connectivity index (χ1v) is 6.27. The van der Waals surface area contributed by atoms with Crippen LogP contribution >= 0.6 is 11.6 Å². The van der Waals surface area contributed by atoms with Crippen LogP contribution in [0.1, 0.15) is 0 Å². The standard InChI is InChI=1S/C15H7BClNO/c16-15-14-10-5-8-3-1-2-4-9(8)6-11(10)19-12(14)7-13(17)18-15/h1-7H. The quantitative estimate of drug-likeness (QED) is 0.358. The van der Waals surface area contributed by atoms with E-state index < -0.39 is 0 Å². The van der Waals surface area contributed by atoms with E-state index in [2.05, 4.69) is 23.2 Å². The Kier molecular flexibility index (Phi) is 2.15. The van der Waals surface area contributed by atoms with Crippen molar-refractivity contribution in [3.05, 3.63) is 47.6 Å². The third-order valence-electron chi connectivity index (χ3n) is 3.32. The van der Waals surface area contributed by atoms with Crippen LogP contribution in [-0.4, -0.2) is 12.8 Å². The van der Waals surface area contributed by atoms with E-state index in [1.807, 2.05) is 18.2 Å². The van der Waals surface area contributed by atoms with Gasteiger partial charge in [0.2, 0.25) is 0 Å². The van der Waals surface area contributed by atoms with Gasteiger partial charge in [-0.2, -0.15) is 0 Å². The van der Waals surface area contributed by atoms with Crippen molar-refractivity contribution < 1.29 is 4.42 Å². The number of pyridine rings is 1. The topological polar surface area (TPSA) is 26.0 Å². The minimum Gasteiger partial charge on any atom is -0.456 e. The molecule has 2 radical (unpaired) electrons. The van der Waals surface area contributed by atoms with Crippen molar-refractivity contribution in [3.8, 4) is 0 Å². The Balaban J connectivity index is 2.26. The molecule has 2 aromatic carbocycles. The molecule has 0 fully saturated rings. The second-order valence-corrected chi connectivity index (χ2v) is 4.89. The number of hydrogen-bond donors (Lipinski definition) is 0. The van der Waals surface area contributed by atoms with Crippen LogP contribution in [0.25, 0.3) is 32.7 Å². The molecule has 4 rings (SSSR count). The van der Waals surface area contributed by atoms with Crippen molar-refractivity contribution in [3.63, 3.8) is 0 Å². The van der Waals surface area contributed by atoms with Crippen molar-refractivity contribution >= 4 is 57.8 Å². The largest absolute Gasteiger partial charge is 0.456 e. The van der Waals surface area contributed by atoms with Gasteiger partial charge < -0.3 is 4.42 Å². The molecule has 0 aliphatic heterocycles. The van der Waals surface area contributed by atoms with Crippen LogP contribution in [-0.2, 0) is 0 Å². The zero-order valence-electron chi connectivity index (χ0n) is 9.85. The molecular formula is C15H7BClNO. The van der Waals surface area contributed by atoms with Crippen LogP contribution < -0.4 is 5.59 Å². The van der Waals surface area contributed by atoms with Crippen LogP contribution in [0.2, 0.25) is 5.15 Å². The summed E-state index contributed by atoms with van der Waals surface area (Å²) >= 11 is 5.91. The van der Waals surface area contributed by atoms with E-state index in [0.29, 0.717) is 16.3 Å². The molecule has 0 saturated carbocycles. The first-order chi connectivity index (χ1) is 9.22. The molecule has 0 spiro atoms. The van der Waals surface area contributed by atoms with E-state index in [0.717, 1.165) is 27.1 Å². The normalized spacial score (nSPS) is 11.6. The first kappa shape index (κ1) is 10.9. The highest BCUT2D eigenvalue weighted by atomic mass is 35.5. The molecule has 0 N–H and O–H groups in total. The predicted molar refractivity (Wildman–Crippen MR) is 79.4 cm³/mol. The fourth-order valence-corrected chi connectivity index (χ4v) is 2.67. The highest BCUT2D eigenvalue weighted by molar-refractivity contribution is 6.41. The zero-order valence-corrected chi connectivity index (χ0v) is 10.6. The minimum atomic E-state index is 0.341. The summed E-state index contributed by atoms with van der Waals surface area (Å²) in [6.45, 7) is 0. The maximum atomic E-state index is 5.96. The fourth-order valence-electron chi connectivity index (χ4n) is 2.48. The number of furan rings is 1. The van der Waals surface area contributed by atoms with E-state index in [1.165, 1.54) is 0 Å². The van der Waals surface area contributed by atoms with Crippen molar-refractivity contribution in [2.24, 2.45) is 0 Å². The maximum Gasteiger partial charge on any atom is 0.142 e. The lowest BCUT2D eigenvalue weighted by Gasteiger charge is -1.98. The summed E-state index contributed by atoms with van der Waals surface area (Å²) in [5.74, 6) is 0. The Morgan fingerprint density at radius 2 is 1.74 bits per heavy atom. The molecule has 2 aromatic heterocycles. The average molecular weight is 263 g/mol. The van der Waals surface area contributed by atoms with Gasteiger partial charge in [-0.15, -0.1) is 0 Å². The Bertz CT molecular complexity index is 945. The van der Waals surface area contributed by atoms with Crippen LogP contribution in [0.3, 0.4) is 0 Å². The number of rotatable bonds is 0. The van der Waals surface area contributed by atoms with Gasteiger partial charge in [-0.25, -0.2) is 0 Å².